The smallest absolute Gasteiger partial charge is 0.411 e. The van der Waals surface area contributed by atoms with Gasteiger partial charge in [0.1, 0.15) is 10.8 Å². The molecule has 0 spiro atoms. The van der Waals surface area contributed by atoms with Crippen molar-refractivity contribution in [1.82, 2.24) is 9.78 Å². The number of benzene rings is 1. The molecule has 124 valence electrons. The van der Waals surface area contributed by atoms with Crippen molar-refractivity contribution in [2.24, 2.45) is 12.2 Å². The Labute approximate surface area is 137 Å². The van der Waals surface area contributed by atoms with E-state index in [1.54, 1.807) is 0 Å². The summed E-state index contributed by atoms with van der Waals surface area (Å²) in [7, 11) is 1.31. The van der Waals surface area contributed by atoms with E-state index in [0.717, 1.165) is 16.4 Å². The molecule has 23 heavy (non-hydrogen) atoms. The van der Waals surface area contributed by atoms with E-state index in [2.05, 4.69) is 10.3 Å². The summed E-state index contributed by atoms with van der Waals surface area (Å²) < 4.78 is 53.6. The second-order valence-electron chi connectivity index (χ2n) is 4.42. The number of thioether (sulfide) groups is 1. The monoisotopic (exact) mass is 367 g/mol. The highest BCUT2D eigenvalue weighted by Gasteiger charge is 2.38. The zero-order chi connectivity index (χ0) is 17.2. The van der Waals surface area contributed by atoms with Gasteiger partial charge in [-0.05, 0) is 12.1 Å². The van der Waals surface area contributed by atoms with Crippen molar-refractivity contribution < 1.29 is 22.8 Å². The Morgan fingerprint density at radius 3 is 2.70 bits per heavy atom. The lowest BCUT2D eigenvalue weighted by molar-refractivity contribution is -0.141. The Bertz CT molecular complexity index is 725. The normalized spacial score (nSPS) is 12.3. The van der Waals surface area contributed by atoms with Gasteiger partial charge in [0.15, 0.2) is 5.69 Å². The van der Waals surface area contributed by atoms with Gasteiger partial charge in [0.2, 0.25) is 0 Å². The third-order valence-electron chi connectivity index (χ3n) is 2.90. The van der Waals surface area contributed by atoms with E-state index in [0.29, 0.717) is 6.21 Å². The van der Waals surface area contributed by atoms with Crippen LogP contribution in [0.2, 0.25) is 5.02 Å². The van der Waals surface area contributed by atoms with E-state index in [4.69, 9.17) is 16.8 Å². The summed E-state index contributed by atoms with van der Waals surface area (Å²) in [6.45, 7) is 0. The van der Waals surface area contributed by atoms with Crippen molar-refractivity contribution in [3.63, 3.8) is 0 Å². The van der Waals surface area contributed by atoms with E-state index in [1.807, 2.05) is 0 Å². The summed E-state index contributed by atoms with van der Waals surface area (Å²) in [5.74, 6) is -0.560. The van der Waals surface area contributed by atoms with Gasteiger partial charge in [-0.3, -0.25) is 4.68 Å². The minimum Gasteiger partial charge on any atom is -0.411 e. The summed E-state index contributed by atoms with van der Waals surface area (Å²) in [4.78, 5) is 0. The summed E-state index contributed by atoms with van der Waals surface area (Å²) in [5.41, 5.74) is -1.40. The van der Waals surface area contributed by atoms with E-state index >= 15 is 0 Å². The van der Waals surface area contributed by atoms with E-state index in [1.165, 1.54) is 25.2 Å². The highest BCUT2D eigenvalue weighted by molar-refractivity contribution is 7.98. The molecule has 1 aromatic heterocycles. The second kappa shape index (κ2) is 6.79. The van der Waals surface area contributed by atoms with E-state index in [9.17, 15) is 17.6 Å². The lowest BCUT2D eigenvalue weighted by Crippen LogP contribution is -2.09. The molecule has 0 saturated heterocycles. The Morgan fingerprint density at radius 2 is 2.13 bits per heavy atom. The molecule has 0 amide bonds. The fourth-order valence-electron chi connectivity index (χ4n) is 1.89. The van der Waals surface area contributed by atoms with Gasteiger partial charge in [-0.2, -0.15) is 18.3 Å². The molecule has 4 nitrogen and oxygen atoms in total. The molecule has 2 aromatic rings. The van der Waals surface area contributed by atoms with Crippen LogP contribution in [0.5, 0.6) is 0 Å². The van der Waals surface area contributed by atoms with E-state index in [-0.39, 0.29) is 26.9 Å². The molecular formula is C13H10ClF4N3OS. The Hall–Kier alpha value is -1.74. The molecular weight excluding hydrogens is 358 g/mol. The van der Waals surface area contributed by atoms with Gasteiger partial charge in [0.05, 0.1) is 11.8 Å². The van der Waals surface area contributed by atoms with Crippen LogP contribution in [-0.2, 0) is 19.0 Å². The van der Waals surface area contributed by atoms with Crippen LogP contribution < -0.4 is 0 Å². The lowest BCUT2D eigenvalue weighted by atomic mass is 10.2. The summed E-state index contributed by atoms with van der Waals surface area (Å²) >= 11 is 6.80. The van der Waals surface area contributed by atoms with Gasteiger partial charge in [-0.25, -0.2) is 4.39 Å². The van der Waals surface area contributed by atoms with Crippen molar-refractivity contribution in [3.05, 3.63) is 45.9 Å². The van der Waals surface area contributed by atoms with Gasteiger partial charge >= 0.3 is 6.18 Å². The average Bonchev–Trinajstić information content (AvgIpc) is 2.76. The fraction of sp³-hybridized carbons (Fsp3) is 0.231. The molecule has 0 aliphatic heterocycles. The molecule has 0 radical (unpaired) electrons. The Morgan fingerprint density at radius 1 is 1.43 bits per heavy atom. The quantitative estimate of drug-likeness (QED) is 0.288. The van der Waals surface area contributed by atoms with Crippen LogP contribution in [0, 0.1) is 5.82 Å². The molecule has 2 rings (SSSR count). The summed E-state index contributed by atoms with van der Waals surface area (Å²) in [6.07, 6.45) is -4.05. The first-order valence-corrected chi connectivity index (χ1v) is 7.49. The van der Waals surface area contributed by atoms with E-state index < -0.39 is 17.7 Å². The third-order valence-corrected chi connectivity index (χ3v) is 4.44. The number of aryl methyl sites for hydroxylation is 1. The molecule has 1 heterocycles. The number of aromatic nitrogens is 2. The Balaban J connectivity index is 2.39. The van der Waals surface area contributed by atoms with Gasteiger partial charge in [0.25, 0.3) is 0 Å². The first-order valence-electron chi connectivity index (χ1n) is 6.13. The molecule has 1 N–H and O–H groups in total. The van der Waals surface area contributed by atoms with Crippen molar-refractivity contribution >= 4 is 29.6 Å². The zero-order valence-electron chi connectivity index (χ0n) is 11.6. The van der Waals surface area contributed by atoms with Crippen LogP contribution in [0.15, 0.2) is 28.4 Å². The molecule has 0 bridgehead atoms. The first kappa shape index (κ1) is 17.6. The number of hydrogen-bond donors (Lipinski definition) is 1. The zero-order valence-corrected chi connectivity index (χ0v) is 13.2. The largest absolute Gasteiger partial charge is 0.435 e. The number of hydrogen-bond acceptors (Lipinski definition) is 4. The minimum atomic E-state index is -4.71. The van der Waals surface area contributed by atoms with Crippen LogP contribution in [-0.4, -0.2) is 21.2 Å². The number of alkyl halides is 3. The molecule has 0 fully saturated rings. The number of nitrogens with zero attached hydrogens (tertiary/aromatic N) is 3. The SMILES string of the molecule is Cn1nc(C(F)(F)F)c(C=NO)c1SCc1c(F)cccc1Cl. The number of rotatable bonds is 4. The predicted molar refractivity (Wildman–Crippen MR) is 78.6 cm³/mol. The first-order chi connectivity index (χ1) is 10.8. The maximum atomic E-state index is 13.7. The topological polar surface area (TPSA) is 50.4 Å². The molecule has 0 unspecified atom stereocenters. The molecule has 0 aliphatic rings. The average molecular weight is 368 g/mol. The van der Waals surface area contributed by atoms with Gasteiger partial charge in [0, 0.05) is 23.4 Å². The van der Waals surface area contributed by atoms with Crippen LogP contribution in [0.4, 0.5) is 17.6 Å². The summed E-state index contributed by atoms with van der Waals surface area (Å²) in [5, 5.41) is 14.9. The molecule has 1 aromatic carbocycles. The van der Waals surface area contributed by atoms with Crippen LogP contribution >= 0.6 is 23.4 Å². The molecule has 10 heteroatoms. The molecule has 0 saturated carbocycles. The van der Waals surface area contributed by atoms with Crippen molar-refractivity contribution in [3.8, 4) is 0 Å². The van der Waals surface area contributed by atoms with Gasteiger partial charge in [-0.1, -0.05) is 22.8 Å². The standard InChI is InChI=1S/C13H10ClF4N3OS/c1-21-12(7(5-19-22)11(20-21)13(16,17)18)23-6-8-9(14)3-2-4-10(8)15/h2-5,22H,6H2,1H3. The van der Waals surface area contributed by atoms with Crippen LogP contribution in [0.25, 0.3) is 0 Å². The minimum absolute atomic E-state index is 0.00535. The third kappa shape index (κ3) is 3.78. The van der Waals surface area contributed by atoms with Crippen molar-refractivity contribution in [2.45, 2.75) is 17.0 Å². The van der Waals surface area contributed by atoms with Crippen LogP contribution in [0.3, 0.4) is 0 Å². The Kier molecular flexibility index (Phi) is 5.20. The number of oxime groups is 1. The lowest BCUT2D eigenvalue weighted by Gasteiger charge is -2.07. The maximum absolute atomic E-state index is 13.7. The highest BCUT2D eigenvalue weighted by atomic mass is 35.5. The molecule has 0 atom stereocenters. The number of halogens is 5. The molecule has 0 aliphatic carbocycles. The van der Waals surface area contributed by atoms with Crippen LogP contribution in [0.1, 0.15) is 16.8 Å². The maximum Gasteiger partial charge on any atom is 0.435 e. The fourth-order valence-corrected chi connectivity index (χ4v) is 3.31. The van der Waals surface area contributed by atoms with Crippen molar-refractivity contribution in [1.29, 1.82) is 0 Å². The second-order valence-corrected chi connectivity index (χ2v) is 5.79. The van der Waals surface area contributed by atoms with Crippen molar-refractivity contribution in [2.75, 3.05) is 0 Å². The predicted octanol–water partition coefficient (Wildman–Crippen LogP) is 4.33. The van der Waals surface area contributed by atoms with Gasteiger partial charge in [-0.15, -0.1) is 11.8 Å². The van der Waals surface area contributed by atoms with Gasteiger partial charge < -0.3 is 5.21 Å². The summed E-state index contributed by atoms with van der Waals surface area (Å²) in [6, 6.07) is 4.13. The highest BCUT2D eigenvalue weighted by Crippen LogP contribution is 2.36.